The first-order chi connectivity index (χ1) is 7.47. The zero-order valence-corrected chi connectivity index (χ0v) is 8.19. The minimum absolute atomic E-state index is 0.296. The molecular formula is C9H10F2N2O3. The Bertz CT molecular complexity index is 412. The van der Waals surface area contributed by atoms with Crippen molar-refractivity contribution in [2.45, 2.75) is 12.5 Å². The third-order valence-corrected chi connectivity index (χ3v) is 2.06. The van der Waals surface area contributed by atoms with E-state index >= 15 is 0 Å². The van der Waals surface area contributed by atoms with Crippen LogP contribution in [0.15, 0.2) is 12.1 Å². The van der Waals surface area contributed by atoms with Gasteiger partial charge in [-0.3, -0.25) is 10.1 Å². The molecule has 0 aliphatic rings. The van der Waals surface area contributed by atoms with Crippen LogP contribution in [0.5, 0.6) is 0 Å². The number of nitrogens with zero attached hydrogens (tertiary/aromatic N) is 1. The van der Waals surface area contributed by atoms with Crippen LogP contribution in [0.2, 0.25) is 0 Å². The fourth-order valence-corrected chi connectivity index (χ4v) is 1.24. The zero-order valence-electron chi connectivity index (χ0n) is 8.19. The molecule has 0 fully saturated rings. The number of halogens is 2. The quantitative estimate of drug-likeness (QED) is 0.591. The Morgan fingerprint density at radius 3 is 2.62 bits per heavy atom. The Hall–Kier alpha value is -1.60. The molecule has 1 aromatic rings. The summed E-state index contributed by atoms with van der Waals surface area (Å²) in [5.41, 5.74) is 4.04. The van der Waals surface area contributed by atoms with Gasteiger partial charge in [0.1, 0.15) is 5.82 Å². The number of aliphatic hydroxyl groups excluding tert-OH is 1. The lowest BCUT2D eigenvalue weighted by molar-refractivity contribution is -0.387. The highest BCUT2D eigenvalue weighted by molar-refractivity contribution is 5.38. The van der Waals surface area contributed by atoms with E-state index in [1.165, 1.54) is 0 Å². The summed E-state index contributed by atoms with van der Waals surface area (Å²) in [5.74, 6) is -2.15. The summed E-state index contributed by atoms with van der Waals surface area (Å²) in [6.45, 7) is -0.457. The van der Waals surface area contributed by atoms with Crippen molar-refractivity contribution in [3.63, 3.8) is 0 Å². The molecule has 16 heavy (non-hydrogen) atoms. The van der Waals surface area contributed by atoms with E-state index in [2.05, 4.69) is 0 Å². The van der Waals surface area contributed by atoms with E-state index in [0.717, 1.165) is 12.1 Å². The smallest absolute Gasteiger partial charge is 0.305 e. The molecule has 1 aromatic carbocycles. The second-order valence-electron chi connectivity index (χ2n) is 3.26. The third kappa shape index (κ3) is 2.50. The molecule has 7 heteroatoms. The molecule has 88 valence electrons. The van der Waals surface area contributed by atoms with Gasteiger partial charge >= 0.3 is 5.69 Å². The largest absolute Gasteiger partial charge is 0.395 e. The maximum absolute atomic E-state index is 13.5. The molecule has 0 heterocycles. The number of nitro groups is 1. The van der Waals surface area contributed by atoms with E-state index in [0.29, 0.717) is 0 Å². The number of hydrogen-bond acceptors (Lipinski definition) is 4. The van der Waals surface area contributed by atoms with Gasteiger partial charge in [-0.25, -0.2) is 4.39 Å². The van der Waals surface area contributed by atoms with Crippen molar-refractivity contribution in [3.05, 3.63) is 39.4 Å². The second kappa shape index (κ2) is 4.95. The van der Waals surface area contributed by atoms with Crippen molar-refractivity contribution >= 4 is 5.69 Å². The highest BCUT2D eigenvalue weighted by Crippen LogP contribution is 2.23. The van der Waals surface area contributed by atoms with Gasteiger partial charge in [0.25, 0.3) is 0 Å². The molecule has 0 aliphatic carbocycles. The van der Waals surface area contributed by atoms with E-state index < -0.39 is 40.5 Å². The van der Waals surface area contributed by atoms with Gasteiger partial charge in [-0.2, -0.15) is 4.39 Å². The fourth-order valence-electron chi connectivity index (χ4n) is 1.24. The van der Waals surface area contributed by atoms with E-state index in [9.17, 15) is 18.9 Å². The average Bonchev–Trinajstić information content (AvgIpc) is 2.23. The van der Waals surface area contributed by atoms with E-state index in [-0.39, 0.29) is 6.42 Å². The zero-order chi connectivity index (χ0) is 12.3. The van der Waals surface area contributed by atoms with Gasteiger partial charge in [-0.1, -0.05) is 0 Å². The molecular weight excluding hydrogens is 222 g/mol. The Kier molecular flexibility index (Phi) is 3.86. The second-order valence-corrected chi connectivity index (χ2v) is 3.26. The summed E-state index contributed by atoms with van der Waals surface area (Å²) in [6, 6.07) is 0.699. The molecule has 0 aromatic heterocycles. The fraction of sp³-hybridized carbons (Fsp3) is 0.333. The third-order valence-electron chi connectivity index (χ3n) is 2.06. The topological polar surface area (TPSA) is 89.4 Å². The van der Waals surface area contributed by atoms with Crippen LogP contribution in [0.4, 0.5) is 14.5 Å². The van der Waals surface area contributed by atoms with Crippen molar-refractivity contribution in [1.29, 1.82) is 0 Å². The van der Waals surface area contributed by atoms with Crippen molar-refractivity contribution in [2.24, 2.45) is 5.73 Å². The molecule has 1 unspecified atom stereocenters. The molecule has 1 atom stereocenters. The highest BCUT2D eigenvalue weighted by atomic mass is 19.1. The molecule has 1 rings (SSSR count). The first-order valence-electron chi connectivity index (χ1n) is 4.45. The molecule has 0 aliphatic heterocycles. The molecule has 0 saturated heterocycles. The van der Waals surface area contributed by atoms with Crippen LogP contribution in [0.25, 0.3) is 0 Å². The van der Waals surface area contributed by atoms with Gasteiger partial charge in [-0.05, 0) is 12.5 Å². The van der Waals surface area contributed by atoms with Crippen LogP contribution in [-0.2, 0) is 6.42 Å². The SMILES string of the molecule is NC(CO)Cc1c(F)ccc([N+](=O)[O-])c1F. The normalized spacial score (nSPS) is 12.5. The molecule has 5 nitrogen and oxygen atoms in total. The maximum atomic E-state index is 13.5. The summed E-state index contributed by atoms with van der Waals surface area (Å²) in [5, 5.41) is 19.1. The van der Waals surface area contributed by atoms with Gasteiger partial charge in [0.2, 0.25) is 5.82 Å². The number of hydrogen-bond donors (Lipinski definition) is 2. The summed E-state index contributed by atoms with van der Waals surface area (Å²) in [4.78, 5) is 9.46. The Morgan fingerprint density at radius 1 is 1.50 bits per heavy atom. The standard InChI is InChI=1S/C9H10F2N2O3/c10-7-1-2-8(13(15)16)9(11)6(7)3-5(12)4-14/h1-2,5,14H,3-4,12H2. The Balaban J connectivity index is 3.16. The summed E-state index contributed by atoms with van der Waals surface area (Å²) >= 11 is 0. The molecule has 0 amide bonds. The Labute approximate surface area is 89.6 Å². The van der Waals surface area contributed by atoms with Crippen molar-refractivity contribution in [3.8, 4) is 0 Å². The van der Waals surface area contributed by atoms with Crippen LogP contribution < -0.4 is 5.73 Å². The summed E-state index contributed by atoms with van der Waals surface area (Å²) < 4.78 is 26.7. The summed E-state index contributed by atoms with van der Waals surface area (Å²) in [6.07, 6.45) is -0.296. The van der Waals surface area contributed by atoms with Gasteiger partial charge in [0.05, 0.1) is 11.5 Å². The van der Waals surface area contributed by atoms with Crippen LogP contribution in [-0.4, -0.2) is 22.7 Å². The average molecular weight is 232 g/mol. The van der Waals surface area contributed by atoms with Crippen molar-refractivity contribution in [1.82, 2.24) is 0 Å². The van der Waals surface area contributed by atoms with E-state index in [1.807, 2.05) is 0 Å². The van der Waals surface area contributed by atoms with Gasteiger partial charge < -0.3 is 10.8 Å². The first kappa shape index (κ1) is 12.5. The number of rotatable bonds is 4. The number of nitrogens with two attached hydrogens (primary N) is 1. The van der Waals surface area contributed by atoms with Gasteiger partial charge in [-0.15, -0.1) is 0 Å². The minimum atomic E-state index is -1.24. The van der Waals surface area contributed by atoms with Crippen LogP contribution in [0.1, 0.15) is 5.56 Å². The van der Waals surface area contributed by atoms with Gasteiger partial charge in [0.15, 0.2) is 0 Å². The van der Waals surface area contributed by atoms with E-state index in [4.69, 9.17) is 10.8 Å². The van der Waals surface area contributed by atoms with E-state index in [1.54, 1.807) is 0 Å². The monoisotopic (exact) mass is 232 g/mol. The number of benzene rings is 1. The lowest BCUT2D eigenvalue weighted by Crippen LogP contribution is -2.28. The van der Waals surface area contributed by atoms with Gasteiger partial charge in [0, 0.05) is 17.7 Å². The number of aliphatic hydroxyl groups is 1. The summed E-state index contributed by atoms with van der Waals surface area (Å²) in [7, 11) is 0. The molecule has 0 radical (unpaired) electrons. The predicted molar refractivity (Wildman–Crippen MR) is 51.8 cm³/mol. The Morgan fingerprint density at radius 2 is 2.12 bits per heavy atom. The molecule has 3 N–H and O–H groups in total. The van der Waals surface area contributed by atoms with Crippen LogP contribution in [0, 0.1) is 21.7 Å². The molecule has 0 spiro atoms. The van der Waals surface area contributed by atoms with Crippen LogP contribution >= 0.6 is 0 Å². The van der Waals surface area contributed by atoms with Crippen molar-refractivity contribution < 1.29 is 18.8 Å². The maximum Gasteiger partial charge on any atom is 0.305 e. The lowest BCUT2D eigenvalue weighted by Gasteiger charge is -2.09. The highest BCUT2D eigenvalue weighted by Gasteiger charge is 2.22. The lowest BCUT2D eigenvalue weighted by atomic mass is 10.0. The van der Waals surface area contributed by atoms with Crippen molar-refractivity contribution in [2.75, 3.05) is 6.61 Å². The van der Waals surface area contributed by atoms with Crippen LogP contribution in [0.3, 0.4) is 0 Å². The molecule has 0 bridgehead atoms. The minimum Gasteiger partial charge on any atom is -0.395 e. The first-order valence-corrected chi connectivity index (χ1v) is 4.45. The molecule has 0 saturated carbocycles. The predicted octanol–water partition coefficient (Wildman–Crippen LogP) is 0.735. The number of nitro benzene ring substituents is 1.